The maximum Gasteiger partial charge on any atom is 0.417 e. The van der Waals surface area contributed by atoms with E-state index < -0.39 is 11.7 Å². The van der Waals surface area contributed by atoms with E-state index in [1.165, 1.54) is 23.5 Å². The van der Waals surface area contributed by atoms with Crippen molar-refractivity contribution in [2.45, 2.75) is 38.9 Å². The van der Waals surface area contributed by atoms with Crippen LogP contribution < -0.4 is 5.32 Å². The van der Waals surface area contributed by atoms with Gasteiger partial charge < -0.3 is 5.32 Å². The molecule has 0 saturated carbocycles. The van der Waals surface area contributed by atoms with Gasteiger partial charge in [-0.2, -0.15) is 18.4 Å². The molecule has 23 heavy (non-hydrogen) atoms. The third-order valence-electron chi connectivity index (χ3n) is 3.31. The molecule has 2 aromatic rings. The van der Waals surface area contributed by atoms with Gasteiger partial charge in [0.05, 0.1) is 33.9 Å². The van der Waals surface area contributed by atoms with Gasteiger partial charge in [-0.1, -0.05) is 13.8 Å². The van der Waals surface area contributed by atoms with Crippen LogP contribution in [0.1, 0.15) is 54.6 Å². The van der Waals surface area contributed by atoms with E-state index in [1.54, 1.807) is 6.07 Å². The predicted octanol–water partition coefficient (Wildman–Crippen LogP) is 5.33. The van der Waals surface area contributed by atoms with Crippen molar-refractivity contribution in [1.82, 2.24) is 4.98 Å². The average Bonchev–Trinajstić information content (AvgIpc) is 2.96. The molecule has 1 N–H and O–H groups in total. The Bertz CT molecular complexity index is 729. The standard InChI is InChI=1S/C16H16F3N3S/c1-9(2)15-22-14(8-23-15)10(3)21-12-5-4-11(7-20)13(6-12)16(17,18)19/h4-6,8-10,21H,1-3H3. The molecule has 1 aromatic carbocycles. The number of nitrogens with zero attached hydrogens (tertiary/aromatic N) is 2. The summed E-state index contributed by atoms with van der Waals surface area (Å²) in [7, 11) is 0. The summed E-state index contributed by atoms with van der Waals surface area (Å²) in [4.78, 5) is 4.49. The van der Waals surface area contributed by atoms with Gasteiger partial charge in [0.2, 0.25) is 0 Å². The molecule has 1 aromatic heterocycles. The summed E-state index contributed by atoms with van der Waals surface area (Å²) in [5.41, 5.74) is -0.218. The van der Waals surface area contributed by atoms with Crippen molar-refractivity contribution in [3.8, 4) is 6.07 Å². The predicted molar refractivity (Wildman–Crippen MR) is 84.4 cm³/mol. The Morgan fingerprint density at radius 3 is 2.48 bits per heavy atom. The highest BCUT2D eigenvalue weighted by atomic mass is 32.1. The molecule has 0 spiro atoms. The lowest BCUT2D eigenvalue weighted by Gasteiger charge is -2.16. The minimum Gasteiger partial charge on any atom is -0.377 e. The van der Waals surface area contributed by atoms with Crippen molar-refractivity contribution in [1.29, 1.82) is 5.26 Å². The van der Waals surface area contributed by atoms with Gasteiger partial charge in [-0.3, -0.25) is 0 Å². The first-order valence-electron chi connectivity index (χ1n) is 7.05. The SMILES string of the molecule is CC(C)c1nc(C(C)Nc2ccc(C#N)c(C(F)(F)F)c2)cs1. The fourth-order valence-corrected chi connectivity index (χ4v) is 2.98. The van der Waals surface area contributed by atoms with E-state index in [4.69, 9.17) is 5.26 Å². The molecule has 0 aliphatic carbocycles. The summed E-state index contributed by atoms with van der Waals surface area (Å²) in [5, 5.41) is 14.7. The number of aromatic nitrogens is 1. The lowest BCUT2D eigenvalue weighted by atomic mass is 10.1. The first kappa shape index (κ1) is 17.3. The Balaban J connectivity index is 2.24. The number of halogens is 3. The van der Waals surface area contributed by atoms with Gasteiger partial charge in [0.1, 0.15) is 0 Å². The molecule has 122 valence electrons. The number of anilines is 1. The molecule has 0 amide bonds. The van der Waals surface area contributed by atoms with E-state index in [0.29, 0.717) is 11.6 Å². The number of nitriles is 1. The Hall–Kier alpha value is -2.07. The number of thiazole rings is 1. The van der Waals surface area contributed by atoms with Crippen molar-refractivity contribution in [3.05, 3.63) is 45.4 Å². The Morgan fingerprint density at radius 1 is 1.26 bits per heavy atom. The molecular weight excluding hydrogens is 323 g/mol. The lowest BCUT2D eigenvalue weighted by molar-refractivity contribution is -0.137. The summed E-state index contributed by atoms with van der Waals surface area (Å²) in [5.74, 6) is 0.313. The highest BCUT2D eigenvalue weighted by molar-refractivity contribution is 7.09. The van der Waals surface area contributed by atoms with Crippen LogP contribution in [0.4, 0.5) is 18.9 Å². The van der Waals surface area contributed by atoms with E-state index in [1.807, 2.05) is 26.2 Å². The van der Waals surface area contributed by atoms with Crippen LogP contribution in [-0.2, 0) is 6.18 Å². The normalized spacial score (nSPS) is 13.0. The van der Waals surface area contributed by atoms with Gasteiger partial charge in [-0.05, 0) is 25.1 Å². The number of rotatable bonds is 4. The Kier molecular flexibility index (Phi) is 4.95. The van der Waals surface area contributed by atoms with Crippen LogP contribution in [-0.4, -0.2) is 4.98 Å². The highest BCUT2D eigenvalue weighted by Gasteiger charge is 2.34. The lowest BCUT2D eigenvalue weighted by Crippen LogP contribution is -2.11. The van der Waals surface area contributed by atoms with Crippen LogP contribution in [0.2, 0.25) is 0 Å². The second-order valence-electron chi connectivity index (χ2n) is 5.50. The molecule has 0 aliphatic rings. The number of nitrogens with one attached hydrogen (secondary N) is 1. The topological polar surface area (TPSA) is 48.7 Å². The first-order valence-corrected chi connectivity index (χ1v) is 7.93. The third-order valence-corrected chi connectivity index (χ3v) is 4.47. The van der Waals surface area contributed by atoms with Crippen LogP contribution in [0.25, 0.3) is 0 Å². The molecule has 7 heteroatoms. The van der Waals surface area contributed by atoms with Crippen molar-refractivity contribution in [3.63, 3.8) is 0 Å². The summed E-state index contributed by atoms with van der Waals surface area (Å²) >= 11 is 1.54. The van der Waals surface area contributed by atoms with Crippen molar-refractivity contribution < 1.29 is 13.2 Å². The minimum absolute atomic E-state index is 0.229. The van der Waals surface area contributed by atoms with Crippen molar-refractivity contribution in [2.75, 3.05) is 5.32 Å². The minimum atomic E-state index is -4.56. The number of hydrogen-bond acceptors (Lipinski definition) is 4. The molecule has 0 fully saturated rings. The molecule has 1 unspecified atom stereocenters. The zero-order chi connectivity index (χ0) is 17.2. The summed E-state index contributed by atoms with van der Waals surface area (Å²) < 4.78 is 38.9. The van der Waals surface area contributed by atoms with Gasteiger partial charge in [-0.25, -0.2) is 4.98 Å². The van der Waals surface area contributed by atoms with Crippen LogP contribution in [0.3, 0.4) is 0 Å². The maximum absolute atomic E-state index is 13.0. The van der Waals surface area contributed by atoms with Crippen LogP contribution >= 0.6 is 11.3 Å². The van der Waals surface area contributed by atoms with Gasteiger partial charge in [0.25, 0.3) is 0 Å². The number of alkyl halides is 3. The maximum atomic E-state index is 13.0. The number of benzene rings is 1. The number of hydrogen-bond donors (Lipinski definition) is 1. The Labute approximate surface area is 136 Å². The second-order valence-corrected chi connectivity index (χ2v) is 6.39. The smallest absolute Gasteiger partial charge is 0.377 e. The van der Waals surface area contributed by atoms with E-state index in [2.05, 4.69) is 10.3 Å². The molecular formula is C16H16F3N3S. The fraction of sp³-hybridized carbons (Fsp3) is 0.375. The van der Waals surface area contributed by atoms with Crippen LogP contribution in [0, 0.1) is 11.3 Å². The molecule has 1 atom stereocenters. The van der Waals surface area contributed by atoms with E-state index in [-0.39, 0.29) is 11.6 Å². The third kappa shape index (κ3) is 4.02. The fourth-order valence-electron chi connectivity index (χ4n) is 2.05. The van der Waals surface area contributed by atoms with Gasteiger partial charge in [-0.15, -0.1) is 11.3 Å². The second kappa shape index (κ2) is 6.59. The zero-order valence-electron chi connectivity index (χ0n) is 12.9. The molecule has 0 bridgehead atoms. The Morgan fingerprint density at radius 2 is 1.96 bits per heavy atom. The van der Waals surface area contributed by atoms with E-state index in [0.717, 1.165) is 16.8 Å². The van der Waals surface area contributed by atoms with Crippen molar-refractivity contribution >= 4 is 17.0 Å². The first-order chi connectivity index (χ1) is 10.7. The quantitative estimate of drug-likeness (QED) is 0.819. The van der Waals surface area contributed by atoms with E-state index >= 15 is 0 Å². The molecule has 3 nitrogen and oxygen atoms in total. The van der Waals surface area contributed by atoms with Crippen LogP contribution in [0.5, 0.6) is 0 Å². The zero-order valence-corrected chi connectivity index (χ0v) is 13.7. The summed E-state index contributed by atoms with van der Waals surface area (Å²) in [6.45, 7) is 5.92. The molecule has 2 rings (SSSR count). The van der Waals surface area contributed by atoms with Gasteiger partial charge in [0, 0.05) is 17.0 Å². The highest BCUT2D eigenvalue weighted by Crippen LogP contribution is 2.34. The summed E-state index contributed by atoms with van der Waals surface area (Å²) in [6, 6.07) is 4.96. The average molecular weight is 339 g/mol. The molecule has 0 saturated heterocycles. The molecule has 0 aliphatic heterocycles. The van der Waals surface area contributed by atoms with Gasteiger partial charge >= 0.3 is 6.18 Å². The summed E-state index contributed by atoms with van der Waals surface area (Å²) in [6.07, 6.45) is -4.56. The van der Waals surface area contributed by atoms with Crippen LogP contribution in [0.15, 0.2) is 23.6 Å². The van der Waals surface area contributed by atoms with Gasteiger partial charge in [0.15, 0.2) is 0 Å². The van der Waals surface area contributed by atoms with Crippen molar-refractivity contribution in [2.24, 2.45) is 0 Å². The largest absolute Gasteiger partial charge is 0.417 e. The molecule has 1 heterocycles. The molecule has 0 radical (unpaired) electrons. The van der Waals surface area contributed by atoms with E-state index in [9.17, 15) is 13.2 Å². The monoisotopic (exact) mass is 339 g/mol.